The topological polar surface area (TPSA) is 90.2 Å². The van der Waals surface area contributed by atoms with Crippen LogP contribution < -0.4 is 5.73 Å². The second kappa shape index (κ2) is 5.70. The first-order valence-electron chi connectivity index (χ1n) is 6.15. The molecular formula is C13H17N5O2. The van der Waals surface area contributed by atoms with Crippen LogP contribution in [0.4, 0.5) is 11.4 Å². The van der Waals surface area contributed by atoms with E-state index in [0.717, 1.165) is 11.4 Å². The van der Waals surface area contributed by atoms with E-state index in [-0.39, 0.29) is 5.69 Å². The van der Waals surface area contributed by atoms with Crippen molar-refractivity contribution in [2.24, 2.45) is 7.05 Å². The maximum atomic E-state index is 10.8. The van der Waals surface area contributed by atoms with E-state index in [9.17, 15) is 10.1 Å². The van der Waals surface area contributed by atoms with Gasteiger partial charge in [0, 0.05) is 43.8 Å². The van der Waals surface area contributed by atoms with Crippen molar-refractivity contribution in [3.05, 3.63) is 52.1 Å². The predicted octanol–water partition coefficient (Wildman–Crippen LogP) is 1.54. The quantitative estimate of drug-likeness (QED) is 0.508. The van der Waals surface area contributed by atoms with Gasteiger partial charge in [-0.25, -0.2) is 4.98 Å². The fourth-order valence-corrected chi connectivity index (χ4v) is 1.98. The Bertz CT molecular complexity index is 623. The van der Waals surface area contributed by atoms with E-state index in [0.29, 0.717) is 18.8 Å². The molecule has 0 bridgehead atoms. The van der Waals surface area contributed by atoms with Crippen LogP contribution in [0.3, 0.4) is 0 Å². The first kappa shape index (κ1) is 14.0. The fraction of sp³-hybridized carbons (Fsp3) is 0.308. The van der Waals surface area contributed by atoms with Crippen LogP contribution in [0, 0.1) is 10.1 Å². The van der Waals surface area contributed by atoms with E-state index >= 15 is 0 Å². The molecule has 0 fully saturated rings. The lowest BCUT2D eigenvalue weighted by molar-refractivity contribution is -0.384. The highest BCUT2D eigenvalue weighted by Gasteiger charge is 2.12. The maximum absolute atomic E-state index is 10.8. The molecule has 0 saturated heterocycles. The number of aryl methyl sites for hydroxylation is 1. The summed E-state index contributed by atoms with van der Waals surface area (Å²) in [5, 5.41) is 10.8. The largest absolute Gasteiger partial charge is 0.398 e. The molecule has 7 nitrogen and oxygen atoms in total. The molecule has 0 amide bonds. The number of nitro benzene ring substituents is 1. The molecule has 0 aliphatic rings. The third-order valence-corrected chi connectivity index (χ3v) is 3.11. The van der Waals surface area contributed by atoms with Crippen LogP contribution >= 0.6 is 0 Å². The summed E-state index contributed by atoms with van der Waals surface area (Å²) in [6.45, 7) is 1.17. The summed E-state index contributed by atoms with van der Waals surface area (Å²) in [5.74, 6) is 0.927. The number of nitrogen functional groups attached to an aromatic ring is 1. The number of nitrogens with two attached hydrogens (primary N) is 1. The average molecular weight is 275 g/mol. The van der Waals surface area contributed by atoms with Gasteiger partial charge in [-0.3, -0.25) is 15.0 Å². The van der Waals surface area contributed by atoms with Gasteiger partial charge in [0.25, 0.3) is 5.69 Å². The summed E-state index contributed by atoms with van der Waals surface area (Å²) in [6, 6.07) is 4.50. The fourth-order valence-electron chi connectivity index (χ4n) is 1.98. The normalized spacial score (nSPS) is 10.9. The Morgan fingerprint density at radius 3 is 2.80 bits per heavy atom. The van der Waals surface area contributed by atoms with Crippen LogP contribution in [-0.2, 0) is 20.1 Å². The molecule has 0 aliphatic carbocycles. The first-order valence-corrected chi connectivity index (χ1v) is 6.15. The predicted molar refractivity (Wildman–Crippen MR) is 75.9 cm³/mol. The van der Waals surface area contributed by atoms with Gasteiger partial charge in [-0.1, -0.05) is 0 Å². The Labute approximate surface area is 116 Å². The number of hydrogen-bond acceptors (Lipinski definition) is 5. The Balaban J connectivity index is 2.11. The van der Waals surface area contributed by atoms with Crippen LogP contribution in [0.1, 0.15) is 11.4 Å². The second-order valence-corrected chi connectivity index (χ2v) is 4.77. The molecule has 20 heavy (non-hydrogen) atoms. The van der Waals surface area contributed by atoms with E-state index in [4.69, 9.17) is 5.73 Å². The van der Waals surface area contributed by atoms with Gasteiger partial charge in [0.05, 0.1) is 11.5 Å². The molecule has 0 aliphatic heterocycles. The number of hydrogen-bond donors (Lipinski definition) is 1. The van der Waals surface area contributed by atoms with Crippen molar-refractivity contribution >= 4 is 11.4 Å². The van der Waals surface area contributed by atoms with Gasteiger partial charge in [-0.15, -0.1) is 0 Å². The van der Waals surface area contributed by atoms with Crippen LogP contribution in [-0.4, -0.2) is 26.4 Å². The summed E-state index contributed by atoms with van der Waals surface area (Å²) in [4.78, 5) is 16.6. The van der Waals surface area contributed by atoms with Gasteiger partial charge in [-0.2, -0.15) is 0 Å². The van der Waals surface area contributed by atoms with Crippen molar-refractivity contribution in [3.8, 4) is 0 Å². The van der Waals surface area contributed by atoms with Crippen molar-refractivity contribution in [1.29, 1.82) is 0 Å². The van der Waals surface area contributed by atoms with Crippen molar-refractivity contribution in [1.82, 2.24) is 14.5 Å². The van der Waals surface area contributed by atoms with Crippen molar-refractivity contribution in [2.75, 3.05) is 12.8 Å². The van der Waals surface area contributed by atoms with Crippen molar-refractivity contribution in [2.45, 2.75) is 13.1 Å². The van der Waals surface area contributed by atoms with Crippen LogP contribution in [0.2, 0.25) is 0 Å². The number of nitrogens with zero attached hydrogens (tertiary/aromatic N) is 4. The van der Waals surface area contributed by atoms with Crippen molar-refractivity contribution in [3.63, 3.8) is 0 Å². The molecule has 106 valence electrons. The Morgan fingerprint density at radius 1 is 1.45 bits per heavy atom. The zero-order chi connectivity index (χ0) is 14.7. The summed E-state index contributed by atoms with van der Waals surface area (Å²) >= 11 is 0. The molecule has 0 saturated carbocycles. The second-order valence-electron chi connectivity index (χ2n) is 4.77. The molecule has 0 radical (unpaired) electrons. The van der Waals surface area contributed by atoms with Crippen molar-refractivity contribution < 1.29 is 4.92 Å². The lowest BCUT2D eigenvalue weighted by Gasteiger charge is -2.17. The number of rotatable bonds is 5. The molecule has 7 heteroatoms. The Hall–Kier alpha value is -2.41. The van der Waals surface area contributed by atoms with Gasteiger partial charge in [0.2, 0.25) is 0 Å². The lowest BCUT2D eigenvalue weighted by Crippen LogP contribution is -2.20. The lowest BCUT2D eigenvalue weighted by atomic mass is 10.1. The van der Waals surface area contributed by atoms with E-state index in [1.54, 1.807) is 12.3 Å². The summed E-state index contributed by atoms with van der Waals surface area (Å²) in [7, 11) is 3.85. The Morgan fingerprint density at radius 2 is 2.20 bits per heavy atom. The third-order valence-electron chi connectivity index (χ3n) is 3.11. The molecule has 1 heterocycles. The summed E-state index contributed by atoms with van der Waals surface area (Å²) < 4.78 is 1.94. The zero-order valence-corrected chi connectivity index (χ0v) is 11.5. The van der Waals surface area contributed by atoms with Gasteiger partial charge in [0.1, 0.15) is 5.82 Å². The Kier molecular flexibility index (Phi) is 3.99. The molecule has 2 rings (SSSR count). The molecule has 2 aromatic rings. The smallest absolute Gasteiger partial charge is 0.269 e. The highest BCUT2D eigenvalue weighted by molar-refractivity contribution is 5.52. The number of nitro groups is 1. The zero-order valence-electron chi connectivity index (χ0n) is 11.5. The minimum atomic E-state index is -0.415. The number of non-ortho nitro benzene ring substituents is 1. The first-order chi connectivity index (χ1) is 9.47. The highest BCUT2D eigenvalue weighted by atomic mass is 16.6. The number of anilines is 1. The number of aromatic nitrogens is 2. The van der Waals surface area contributed by atoms with Gasteiger partial charge in [0.15, 0.2) is 0 Å². The molecule has 2 N–H and O–H groups in total. The molecule has 0 atom stereocenters. The molecule has 1 aromatic heterocycles. The van der Waals surface area contributed by atoms with E-state index in [1.165, 1.54) is 12.1 Å². The number of benzene rings is 1. The maximum Gasteiger partial charge on any atom is 0.269 e. The summed E-state index contributed by atoms with van der Waals surface area (Å²) in [6.07, 6.45) is 3.62. The van der Waals surface area contributed by atoms with E-state index in [1.807, 2.05) is 29.8 Å². The SMILES string of the molecule is CN(Cc1cc([N+](=O)[O-])ccc1N)Cc1nccn1C. The number of imidazole rings is 1. The molecule has 0 unspecified atom stereocenters. The molecule has 0 spiro atoms. The summed E-state index contributed by atoms with van der Waals surface area (Å²) in [5.41, 5.74) is 7.23. The van der Waals surface area contributed by atoms with Gasteiger partial charge in [-0.05, 0) is 18.7 Å². The van der Waals surface area contributed by atoms with Crippen LogP contribution in [0.15, 0.2) is 30.6 Å². The van der Waals surface area contributed by atoms with Crippen LogP contribution in [0.25, 0.3) is 0 Å². The van der Waals surface area contributed by atoms with Gasteiger partial charge < -0.3 is 10.3 Å². The van der Waals surface area contributed by atoms with E-state index < -0.39 is 4.92 Å². The monoisotopic (exact) mass is 275 g/mol. The van der Waals surface area contributed by atoms with Gasteiger partial charge >= 0.3 is 0 Å². The van der Waals surface area contributed by atoms with Crippen LogP contribution in [0.5, 0.6) is 0 Å². The van der Waals surface area contributed by atoms with E-state index in [2.05, 4.69) is 4.98 Å². The standard InChI is InChI=1S/C13H17N5O2/c1-16(9-13-15-5-6-17(13)2)8-10-7-11(18(19)20)3-4-12(10)14/h3-7H,8-9,14H2,1-2H3. The minimum absolute atomic E-state index is 0.0552. The average Bonchev–Trinajstić information content (AvgIpc) is 2.77. The molecule has 1 aromatic carbocycles. The minimum Gasteiger partial charge on any atom is -0.398 e. The third kappa shape index (κ3) is 3.12. The molecular weight excluding hydrogens is 258 g/mol. The highest BCUT2D eigenvalue weighted by Crippen LogP contribution is 2.21.